The van der Waals surface area contributed by atoms with Gasteiger partial charge >= 0.3 is 6.36 Å². The lowest BCUT2D eigenvalue weighted by atomic mass is 9.94. The van der Waals surface area contributed by atoms with Crippen molar-refractivity contribution in [3.63, 3.8) is 0 Å². The molecule has 7 nitrogen and oxygen atoms in total. The first kappa shape index (κ1) is 20.3. The number of benzene rings is 1. The molecule has 0 radical (unpaired) electrons. The number of nitrogens with one attached hydrogen (secondary N) is 1. The zero-order valence-electron chi connectivity index (χ0n) is 15.2. The maximum absolute atomic E-state index is 12.5. The smallest absolute Gasteiger partial charge is 0.406 e. The Labute approximate surface area is 160 Å². The molecule has 28 heavy (non-hydrogen) atoms. The molecule has 1 aromatic carbocycles. The third-order valence-electron chi connectivity index (χ3n) is 4.23. The van der Waals surface area contributed by atoms with Crippen LogP contribution in [0.2, 0.25) is 0 Å². The fourth-order valence-electron chi connectivity index (χ4n) is 2.92. The van der Waals surface area contributed by atoms with Gasteiger partial charge in [-0.25, -0.2) is 23.1 Å². The molecule has 2 aromatic rings. The normalized spacial score (nSPS) is 17.1. The summed E-state index contributed by atoms with van der Waals surface area (Å²) < 4.78 is 68.1. The van der Waals surface area contributed by atoms with Crippen LogP contribution in [-0.2, 0) is 22.9 Å². The van der Waals surface area contributed by atoms with Gasteiger partial charge < -0.3 is 9.64 Å². The van der Waals surface area contributed by atoms with Crippen molar-refractivity contribution in [3.05, 3.63) is 41.7 Å². The lowest BCUT2D eigenvalue weighted by molar-refractivity contribution is -0.274. The predicted octanol–water partition coefficient (Wildman–Crippen LogP) is 2.28. The standard InChI is InChI=1S/C17H19F3N4O3S/c1-24(2)16-21-10-11-9-12(3-8-15(11)22-16)23-28(25,26)14-6-4-13(5-7-14)27-17(18,19)20/h4-7,10,12,23H,3,8-9H2,1-2H3. The zero-order valence-corrected chi connectivity index (χ0v) is 16.0. The highest BCUT2D eigenvalue weighted by molar-refractivity contribution is 7.89. The monoisotopic (exact) mass is 416 g/mol. The largest absolute Gasteiger partial charge is 0.573 e. The number of aryl methyl sites for hydroxylation is 1. The van der Waals surface area contributed by atoms with Crippen LogP contribution in [0.25, 0.3) is 0 Å². The summed E-state index contributed by atoms with van der Waals surface area (Å²) in [6.07, 6.45) is -1.53. The molecule has 1 aliphatic carbocycles. The molecular formula is C17H19F3N4O3S. The second kappa shape index (κ2) is 7.55. The highest BCUT2D eigenvalue weighted by atomic mass is 32.2. The van der Waals surface area contributed by atoms with Gasteiger partial charge in [-0.05, 0) is 49.1 Å². The van der Waals surface area contributed by atoms with Crippen molar-refractivity contribution in [3.8, 4) is 5.75 Å². The summed E-state index contributed by atoms with van der Waals surface area (Å²) in [5.74, 6) is 0.117. The van der Waals surface area contributed by atoms with Crippen LogP contribution in [0.5, 0.6) is 5.75 Å². The molecule has 1 N–H and O–H groups in total. The summed E-state index contributed by atoms with van der Waals surface area (Å²) in [7, 11) is -0.201. The van der Waals surface area contributed by atoms with Crippen molar-refractivity contribution >= 4 is 16.0 Å². The predicted molar refractivity (Wildman–Crippen MR) is 95.6 cm³/mol. The van der Waals surface area contributed by atoms with Crippen LogP contribution in [-0.4, -0.2) is 44.9 Å². The van der Waals surface area contributed by atoms with E-state index in [1.54, 1.807) is 11.1 Å². The Bertz CT molecular complexity index is 947. The molecule has 1 aliphatic rings. The number of rotatable bonds is 5. The molecule has 0 spiro atoms. The molecule has 0 saturated carbocycles. The molecule has 11 heteroatoms. The molecule has 0 bridgehead atoms. The van der Waals surface area contributed by atoms with Crippen molar-refractivity contribution < 1.29 is 26.3 Å². The fraction of sp³-hybridized carbons (Fsp3) is 0.412. The van der Waals surface area contributed by atoms with Crippen LogP contribution < -0.4 is 14.4 Å². The van der Waals surface area contributed by atoms with Gasteiger partial charge in [0.05, 0.1) is 4.90 Å². The number of alkyl halides is 3. The van der Waals surface area contributed by atoms with Crippen molar-refractivity contribution in [2.75, 3.05) is 19.0 Å². The Morgan fingerprint density at radius 1 is 1.21 bits per heavy atom. The van der Waals surface area contributed by atoms with Gasteiger partial charge in [0.25, 0.3) is 0 Å². The first-order chi connectivity index (χ1) is 13.0. The van der Waals surface area contributed by atoms with Crippen LogP contribution in [0.4, 0.5) is 19.1 Å². The average Bonchev–Trinajstić information content (AvgIpc) is 2.60. The minimum Gasteiger partial charge on any atom is -0.406 e. The molecule has 0 aliphatic heterocycles. The Morgan fingerprint density at radius 2 is 1.89 bits per heavy atom. The van der Waals surface area contributed by atoms with Crippen molar-refractivity contribution in [1.82, 2.24) is 14.7 Å². The Balaban J connectivity index is 1.69. The summed E-state index contributed by atoms with van der Waals surface area (Å²) in [6.45, 7) is 0. The molecule has 1 heterocycles. The number of hydrogen-bond acceptors (Lipinski definition) is 6. The van der Waals surface area contributed by atoms with Gasteiger partial charge in [-0.3, -0.25) is 0 Å². The van der Waals surface area contributed by atoms with Crippen LogP contribution in [0.3, 0.4) is 0 Å². The minimum atomic E-state index is -4.83. The maximum Gasteiger partial charge on any atom is 0.573 e. The Morgan fingerprint density at radius 3 is 2.50 bits per heavy atom. The first-order valence-electron chi connectivity index (χ1n) is 8.44. The number of halogens is 3. The number of aromatic nitrogens is 2. The SMILES string of the molecule is CN(C)c1ncc2c(n1)CCC(NS(=O)(=O)c1ccc(OC(F)(F)F)cc1)C2. The molecule has 0 saturated heterocycles. The van der Waals surface area contributed by atoms with Gasteiger partial charge in [-0.1, -0.05) is 0 Å². The van der Waals surface area contributed by atoms with E-state index in [2.05, 4.69) is 19.4 Å². The van der Waals surface area contributed by atoms with Gasteiger partial charge in [0, 0.05) is 32.0 Å². The number of sulfonamides is 1. The number of hydrogen-bond donors (Lipinski definition) is 1. The fourth-order valence-corrected chi connectivity index (χ4v) is 4.19. The Hall–Kier alpha value is -2.40. The van der Waals surface area contributed by atoms with E-state index in [0.29, 0.717) is 25.2 Å². The van der Waals surface area contributed by atoms with E-state index in [-0.39, 0.29) is 10.9 Å². The highest BCUT2D eigenvalue weighted by Crippen LogP contribution is 2.25. The molecule has 152 valence electrons. The Kier molecular flexibility index (Phi) is 5.48. The second-order valence-corrected chi connectivity index (χ2v) is 8.33. The number of fused-ring (bicyclic) bond motifs is 1. The van der Waals surface area contributed by atoms with E-state index in [1.807, 2.05) is 14.1 Å². The third kappa shape index (κ3) is 4.90. The van der Waals surface area contributed by atoms with E-state index in [1.165, 1.54) is 0 Å². The molecule has 1 unspecified atom stereocenters. The number of ether oxygens (including phenoxy) is 1. The maximum atomic E-state index is 12.5. The zero-order chi connectivity index (χ0) is 20.5. The van der Waals surface area contributed by atoms with Crippen LogP contribution in [0, 0.1) is 0 Å². The molecule has 0 amide bonds. The first-order valence-corrected chi connectivity index (χ1v) is 9.92. The quantitative estimate of drug-likeness (QED) is 0.805. The van der Waals surface area contributed by atoms with E-state index < -0.39 is 22.1 Å². The lowest BCUT2D eigenvalue weighted by Crippen LogP contribution is -2.39. The van der Waals surface area contributed by atoms with Gasteiger partial charge in [-0.15, -0.1) is 13.2 Å². The summed E-state index contributed by atoms with van der Waals surface area (Å²) in [4.78, 5) is 10.4. The van der Waals surface area contributed by atoms with Crippen molar-refractivity contribution in [2.45, 2.75) is 36.6 Å². The second-order valence-electron chi connectivity index (χ2n) is 6.62. The number of nitrogens with zero attached hydrogens (tertiary/aromatic N) is 3. The van der Waals surface area contributed by atoms with Crippen molar-refractivity contribution in [1.29, 1.82) is 0 Å². The topological polar surface area (TPSA) is 84.4 Å². The van der Waals surface area contributed by atoms with Crippen molar-refractivity contribution in [2.24, 2.45) is 0 Å². The average molecular weight is 416 g/mol. The van der Waals surface area contributed by atoms with Gasteiger partial charge in [0.1, 0.15) is 5.75 Å². The molecule has 0 fully saturated rings. The summed E-state index contributed by atoms with van der Waals surface area (Å²) in [6, 6.07) is 3.74. The van der Waals surface area contributed by atoms with Gasteiger partial charge in [0.2, 0.25) is 16.0 Å². The highest BCUT2D eigenvalue weighted by Gasteiger charge is 2.31. The lowest BCUT2D eigenvalue weighted by Gasteiger charge is -2.25. The third-order valence-corrected chi connectivity index (χ3v) is 5.76. The molecule has 3 rings (SSSR count). The molecule has 1 aromatic heterocycles. The summed E-state index contributed by atoms with van der Waals surface area (Å²) in [5.41, 5.74) is 1.77. The minimum absolute atomic E-state index is 0.132. The van der Waals surface area contributed by atoms with E-state index in [0.717, 1.165) is 35.5 Å². The van der Waals surface area contributed by atoms with Crippen LogP contribution >= 0.6 is 0 Å². The molecule has 1 atom stereocenters. The van der Waals surface area contributed by atoms with Crippen LogP contribution in [0.15, 0.2) is 35.4 Å². The van der Waals surface area contributed by atoms with Gasteiger partial charge in [0.15, 0.2) is 0 Å². The van der Waals surface area contributed by atoms with E-state index >= 15 is 0 Å². The van der Waals surface area contributed by atoms with Gasteiger partial charge in [-0.2, -0.15) is 0 Å². The summed E-state index contributed by atoms with van der Waals surface area (Å²) in [5, 5.41) is 0. The number of anilines is 1. The van der Waals surface area contributed by atoms with E-state index in [4.69, 9.17) is 0 Å². The van der Waals surface area contributed by atoms with Crippen LogP contribution in [0.1, 0.15) is 17.7 Å². The van der Waals surface area contributed by atoms with E-state index in [9.17, 15) is 21.6 Å². The summed E-state index contributed by atoms with van der Waals surface area (Å²) >= 11 is 0. The molecular weight excluding hydrogens is 397 g/mol.